The quantitative estimate of drug-likeness (QED) is 0.822. The number of nitrogens with zero attached hydrogens (tertiary/aromatic N) is 2. The number of rotatable bonds is 4. The minimum Gasteiger partial charge on any atom is -0.341 e. The zero-order valence-electron chi connectivity index (χ0n) is 14.8. The van der Waals surface area contributed by atoms with Gasteiger partial charge >= 0.3 is 0 Å². The third-order valence-corrected chi connectivity index (χ3v) is 6.54. The first-order chi connectivity index (χ1) is 10.7. The summed E-state index contributed by atoms with van der Waals surface area (Å²) < 4.78 is 24.8. The lowest BCUT2D eigenvalue weighted by Crippen LogP contribution is -2.55. The summed E-state index contributed by atoms with van der Waals surface area (Å²) in [5, 5.41) is 3.44. The zero-order chi connectivity index (χ0) is 17.2. The van der Waals surface area contributed by atoms with Crippen molar-refractivity contribution in [3.05, 3.63) is 0 Å². The van der Waals surface area contributed by atoms with Crippen LogP contribution in [0.25, 0.3) is 0 Å². The van der Waals surface area contributed by atoms with Crippen LogP contribution in [0.3, 0.4) is 0 Å². The van der Waals surface area contributed by atoms with Crippen LogP contribution < -0.4 is 5.32 Å². The highest BCUT2D eigenvalue weighted by Crippen LogP contribution is 2.21. The summed E-state index contributed by atoms with van der Waals surface area (Å²) in [5.41, 5.74) is 0. The van der Waals surface area contributed by atoms with Gasteiger partial charge in [0.2, 0.25) is 15.9 Å². The summed E-state index contributed by atoms with van der Waals surface area (Å²) in [7, 11) is -3.12. The highest BCUT2D eigenvalue weighted by Gasteiger charge is 2.33. The van der Waals surface area contributed by atoms with E-state index in [-0.39, 0.29) is 23.9 Å². The zero-order valence-corrected chi connectivity index (χ0v) is 15.6. The van der Waals surface area contributed by atoms with Crippen LogP contribution in [0.4, 0.5) is 0 Å². The largest absolute Gasteiger partial charge is 0.341 e. The van der Waals surface area contributed by atoms with E-state index in [0.717, 1.165) is 32.4 Å². The molecule has 0 aliphatic carbocycles. The molecule has 3 atom stereocenters. The molecule has 1 N–H and O–H groups in total. The number of hydrogen-bond donors (Lipinski definition) is 1. The molecular formula is C16H31N3O3S. The number of hydrogen-bond acceptors (Lipinski definition) is 4. The lowest BCUT2D eigenvalue weighted by atomic mass is 9.94. The smallest absolute Gasteiger partial charge is 0.239 e. The second-order valence-electron chi connectivity index (χ2n) is 7.39. The number of carbonyl (C=O) groups excluding carboxylic acids is 1. The van der Waals surface area contributed by atoms with E-state index in [0.29, 0.717) is 19.0 Å². The minimum atomic E-state index is -3.12. The van der Waals surface area contributed by atoms with Gasteiger partial charge in [-0.2, -0.15) is 0 Å². The van der Waals surface area contributed by atoms with Crippen LogP contribution in [0, 0.1) is 11.8 Å². The number of nitrogens with one attached hydrogen (secondary N) is 1. The fraction of sp³-hybridized carbons (Fsp3) is 0.938. The molecule has 0 aromatic rings. The van der Waals surface area contributed by atoms with Gasteiger partial charge in [0.05, 0.1) is 12.3 Å². The summed E-state index contributed by atoms with van der Waals surface area (Å²) in [6.07, 6.45) is 4.18. The first-order valence-corrected chi connectivity index (χ1v) is 10.5. The Balaban J connectivity index is 1.85. The number of amides is 1. The van der Waals surface area contributed by atoms with E-state index in [4.69, 9.17) is 0 Å². The molecule has 7 heteroatoms. The Labute approximate surface area is 140 Å². The van der Waals surface area contributed by atoms with Crippen molar-refractivity contribution in [2.45, 2.75) is 52.1 Å². The van der Waals surface area contributed by atoms with E-state index in [2.05, 4.69) is 19.2 Å². The first kappa shape index (κ1) is 18.7. The average Bonchev–Trinajstić information content (AvgIpc) is 2.48. The summed E-state index contributed by atoms with van der Waals surface area (Å²) in [4.78, 5) is 14.5. The van der Waals surface area contributed by atoms with Crippen molar-refractivity contribution in [1.29, 1.82) is 0 Å². The molecule has 0 spiro atoms. The number of sulfonamides is 1. The maximum Gasteiger partial charge on any atom is 0.239 e. The summed E-state index contributed by atoms with van der Waals surface area (Å²) in [6, 6.07) is -0.0173. The van der Waals surface area contributed by atoms with Crippen LogP contribution in [-0.4, -0.2) is 68.0 Å². The molecule has 2 saturated heterocycles. The van der Waals surface area contributed by atoms with Crippen LogP contribution in [-0.2, 0) is 14.8 Å². The Morgan fingerprint density at radius 3 is 2.26 bits per heavy atom. The van der Waals surface area contributed by atoms with Crippen molar-refractivity contribution < 1.29 is 13.2 Å². The van der Waals surface area contributed by atoms with Crippen LogP contribution >= 0.6 is 0 Å². The topological polar surface area (TPSA) is 69.7 Å². The fourth-order valence-electron chi connectivity index (χ4n) is 3.55. The fourth-order valence-corrected chi connectivity index (χ4v) is 4.49. The first-order valence-electron chi connectivity index (χ1n) is 8.68. The van der Waals surface area contributed by atoms with Crippen molar-refractivity contribution >= 4 is 15.9 Å². The molecule has 6 nitrogen and oxygen atoms in total. The molecule has 2 aliphatic heterocycles. The molecule has 0 aromatic heterocycles. The van der Waals surface area contributed by atoms with Gasteiger partial charge in [-0.3, -0.25) is 4.79 Å². The summed E-state index contributed by atoms with van der Waals surface area (Å²) >= 11 is 0. The monoisotopic (exact) mass is 345 g/mol. The molecule has 2 fully saturated rings. The molecule has 2 rings (SSSR count). The number of carbonyl (C=O) groups is 1. The third kappa shape index (κ3) is 4.90. The van der Waals surface area contributed by atoms with Crippen molar-refractivity contribution in [3.63, 3.8) is 0 Å². The maximum atomic E-state index is 12.6. The Morgan fingerprint density at radius 1 is 1.13 bits per heavy atom. The minimum absolute atomic E-state index is 0.176. The van der Waals surface area contributed by atoms with Crippen LogP contribution in [0.2, 0.25) is 0 Å². The van der Waals surface area contributed by atoms with E-state index in [9.17, 15) is 13.2 Å². The molecule has 0 aromatic carbocycles. The lowest BCUT2D eigenvalue weighted by molar-refractivity contribution is -0.134. The molecule has 0 radical (unpaired) electrons. The van der Waals surface area contributed by atoms with Gasteiger partial charge in [-0.15, -0.1) is 0 Å². The van der Waals surface area contributed by atoms with E-state index < -0.39 is 10.0 Å². The van der Waals surface area contributed by atoms with Crippen LogP contribution in [0.1, 0.15) is 40.0 Å². The van der Waals surface area contributed by atoms with Gasteiger partial charge in [-0.1, -0.05) is 13.8 Å². The Kier molecular flexibility index (Phi) is 6.08. The van der Waals surface area contributed by atoms with Gasteiger partial charge in [0, 0.05) is 32.2 Å². The van der Waals surface area contributed by atoms with E-state index in [1.165, 1.54) is 10.6 Å². The molecule has 0 bridgehead atoms. The van der Waals surface area contributed by atoms with Crippen molar-refractivity contribution in [2.75, 3.05) is 32.4 Å². The Morgan fingerprint density at radius 2 is 1.74 bits per heavy atom. The maximum absolute atomic E-state index is 12.6. The predicted molar refractivity (Wildman–Crippen MR) is 91.6 cm³/mol. The van der Waals surface area contributed by atoms with Gasteiger partial charge < -0.3 is 10.2 Å². The second kappa shape index (κ2) is 7.49. The normalized spacial score (nSPS) is 29.5. The molecule has 1 amide bonds. The molecular weight excluding hydrogens is 314 g/mol. The van der Waals surface area contributed by atoms with Crippen LogP contribution in [0.15, 0.2) is 0 Å². The van der Waals surface area contributed by atoms with Crippen molar-refractivity contribution in [1.82, 2.24) is 14.5 Å². The van der Waals surface area contributed by atoms with Gasteiger partial charge in [0.25, 0.3) is 0 Å². The van der Waals surface area contributed by atoms with E-state index in [1.54, 1.807) is 0 Å². The molecule has 23 heavy (non-hydrogen) atoms. The highest BCUT2D eigenvalue weighted by atomic mass is 32.2. The number of likely N-dealkylation sites (tertiary alicyclic amines) is 1. The van der Waals surface area contributed by atoms with Gasteiger partial charge in [-0.25, -0.2) is 12.7 Å². The van der Waals surface area contributed by atoms with Gasteiger partial charge in [-0.05, 0) is 38.0 Å². The summed E-state index contributed by atoms with van der Waals surface area (Å²) in [5.74, 6) is 1.09. The molecule has 2 aliphatic rings. The molecule has 134 valence electrons. The van der Waals surface area contributed by atoms with Crippen molar-refractivity contribution in [3.8, 4) is 0 Å². The predicted octanol–water partition coefficient (Wildman–Crippen LogP) is 0.893. The molecule has 2 heterocycles. The average molecular weight is 346 g/mol. The SMILES string of the molecule is CC1CCN(C(=O)[C@H](C)N[C@@H]2CCN(S(C)(=O)=O)C[C@@H]2C)CC1. The van der Waals surface area contributed by atoms with Gasteiger partial charge in [0.15, 0.2) is 0 Å². The Hall–Kier alpha value is -0.660. The molecule has 0 saturated carbocycles. The second-order valence-corrected chi connectivity index (χ2v) is 9.37. The standard InChI is InChI=1S/C16H31N3O3S/c1-12-5-8-18(9-6-12)16(20)14(3)17-15-7-10-19(11-13(15)2)23(4,21)22/h12-15,17H,5-11H2,1-4H3/t13-,14-,15+/m0/s1. The van der Waals surface area contributed by atoms with Gasteiger partial charge in [0.1, 0.15) is 0 Å². The van der Waals surface area contributed by atoms with Crippen molar-refractivity contribution in [2.24, 2.45) is 11.8 Å². The third-order valence-electron chi connectivity index (χ3n) is 5.27. The number of piperidine rings is 2. The Bertz CT molecular complexity index is 515. The van der Waals surface area contributed by atoms with Crippen LogP contribution in [0.5, 0.6) is 0 Å². The molecule has 0 unspecified atom stereocenters. The van der Waals surface area contributed by atoms with E-state index >= 15 is 0 Å². The summed E-state index contributed by atoms with van der Waals surface area (Å²) in [6.45, 7) is 8.98. The highest BCUT2D eigenvalue weighted by molar-refractivity contribution is 7.88. The van der Waals surface area contributed by atoms with E-state index in [1.807, 2.05) is 11.8 Å². The lowest BCUT2D eigenvalue weighted by Gasteiger charge is -2.38.